The Balaban J connectivity index is 1.52. The Bertz CT molecular complexity index is 1220. The van der Waals surface area contributed by atoms with E-state index in [2.05, 4.69) is 27.9 Å². The van der Waals surface area contributed by atoms with E-state index in [1.807, 2.05) is 55.5 Å². The minimum absolute atomic E-state index is 0.0273. The Labute approximate surface area is 221 Å². The van der Waals surface area contributed by atoms with E-state index in [0.29, 0.717) is 22.3 Å². The molecule has 4 rings (SSSR count). The average Bonchev–Trinajstić information content (AvgIpc) is 3.19. The molecule has 0 bridgehead atoms. The number of thioether (sulfide) groups is 1. The van der Waals surface area contributed by atoms with Crippen molar-refractivity contribution in [3.05, 3.63) is 80.4 Å². The van der Waals surface area contributed by atoms with Crippen LogP contribution in [0.5, 0.6) is 11.5 Å². The molecule has 176 valence electrons. The summed E-state index contributed by atoms with van der Waals surface area (Å²) in [5.41, 5.74) is 3.47. The van der Waals surface area contributed by atoms with Crippen molar-refractivity contribution >= 4 is 69.1 Å². The van der Waals surface area contributed by atoms with Crippen molar-refractivity contribution in [3.63, 3.8) is 0 Å². The molecular weight excluding hydrogens is 587 g/mol. The van der Waals surface area contributed by atoms with Crippen molar-refractivity contribution in [3.8, 4) is 11.5 Å². The molecular formula is C25H22ClIN2O4S. The Hall–Kier alpha value is -2.43. The van der Waals surface area contributed by atoms with Crippen LogP contribution in [0.3, 0.4) is 0 Å². The summed E-state index contributed by atoms with van der Waals surface area (Å²) in [4.78, 5) is 26.8. The second-order valence-corrected chi connectivity index (χ2v) is 10.3. The molecule has 3 aromatic carbocycles. The number of methoxy groups -OCH3 is 1. The van der Waals surface area contributed by atoms with Crippen LogP contribution in [0, 0.1) is 10.5 Å². The Morgan fingerprint density at radius 3 is 2.68 bits per heavy atom. The lowest BCUT2D eigenvalue weighted by Gasteiger charge is -2.25. The summed E-state index contributed by atoms with van der Waals surface area (Å²) >= 11 is 9.73. The third-order valence-corrected chi connectivity index (χ3v) is 7.42. The zero-order valence-electron chi connectivity index (χ0n) is 18.5. The van der Waals surface area contributed by atoms with Crippen LogP contribution < -0.4 is 19.7 Å². The predicted molar refractivity (Wildman–Crippen MR) is 145 cm³/mol. The zero-order chi connectivity index (χ0) is 24.2. The first kappa shape index (κ1) is 24.7. The van der Waals surface area contributed by atoms with Crippen molar-refractivity contribution < 1.29 is 19.1 Å². The lowest BCUT2D eigenvalue weighted by molar-refractivity contribution is -0.118. The molecule has 0 aliphatic carbocycles. The Morgan fingerprint density at radius 1 is 1.21 bits per heavy atom. The second kappa shape index (κ2) is 10.9. The normalized spacial score (nSPS) is 15.4. The highest BCUT2D eigenvalue weighted by Crippen LogP contribution is 2.45. The van der Waals surface area contributed by atoms with Crippen LogP contribution in [0.4, 0.5) is 11.4 Å². The number of carbonyl (C=O) groups excluding carboxylic acids is 2. The van der Waals surface area contributed by atoms with Crippen molar-refractivity contribution in [2.75, 3.05) is 29.7 Å². The average molecular weight is 609 g/mol. The van der Waals surface area contributed by atoms with E-state index in [1.54, 1.807) is 35.9 Å². The van der Waals surface area contributed by atoms with E-state index in [9.17, 15) is 9.59 Å². The molecule has 3 aromatic rings. The molecule has 0 unspecified atom stereocenters. The monoisotopic (exact) mass is 608 g/mol. The number of benzene rings is 3. The van der Waals surface area contributed by atoms with Gasteiger partial charge in [-0.2, -0.15) is 0 Å². The SMILES string of the molecule is COc1cc([C@@H]2SCC(=O)N2c2ccc(Cl)cc2)cc(I)c1OCC(=O)Nc1cccc(C)c1. The zero-order valence-corrected chi connectivity index (χ0v) is 22.2. The number of halogens is 2. The van der Waals surface area contributed by atoms with Gasteiger partial charge in [0.15, 0.2) is 18.1 Å². The van der Waals surface area contributed by atoms with Crippen LogP contribution in [0.25, 0.3) is 0 Å². The van der Waals surface area contributed by atoms with Gasteiger partial charge in [0.25, 0.3) is 5.91 Å². The number of nitrogens with zero attached hydrogens (tertiary/aromatic N) is 1. The number of anilines is 2. The van der Waals surface area contributed by atoms with Crippen LogP contribution in [-0.2, 0) is 9.59 Å². The number of nitrogens with one attached hydrogen (secondary N) is 1. The fourth-order valence-electron chi connectivity index (χ4n) is 3.63. The minimum atomic E-state index is -0.265. The molecule has 1 aliphatic heterocycles. The summed E-state index contributed by atoms with van der Waals surface area (Å²) in [5, 5.41) is 3.24. The Morgan fingerprint density at radius 2 is 1.97 bits per heavy atom. The maximum Gasteiger partial charge on any atom is 0.262 e. The number of aryl methyl sites for hydroxylation is 1. The summed E-state index contributed by atoms with van der Waals surface area (Å²) < 4.78 is 12.2. The molecule has 0 aromatic heterocycles. The van der Waals surface area contributed by atoms with Gasteiger partial charge in [-0.05, 0) is 89.2 Å². The standard InChI is InChI=1S/C25H22ClIN2O4S/c1-15-4-3-5-18(10-15)28-22(30)13-33-24-20(27)11-16(12-21(24)32-2)25-29(23(31)14-34-25)19-8-6-17(26)7-9-19/h3-12,25H,13-14H2,1-2H3,(H,28,30)/t25-/m0/s1. The smallest absolute Gasteiger partial charge is 0.262 e. The molecule has 1 atom stereocenters. The molecule has 0 spiro atoms. The first-order valence-electron chi connectivity index (χ1n) is 10.4. The third kappa shape index (κ3) is 5.61. The minimum Gasteiger partial charge on any atom is -0.493 e. The van der Waals surface area contributed by atoms with Crippen LogP contribution in [0.1, 0.15) is 16.5 Å². The van der Waals surface area contributed by atoms with E-state index >= 15 is 0 Å². The number of carbonyl (C=O) groups is 2. The number of hydrogen-bond donors (Lipinski definition) is 1. The maximum atomic E-state index is 12.7. The summed E-state index contributed by atoms with van der Waals surface area (Å²) in [6.07, 6.45) is 0. The van der Waals surface area contributed by atoms with Crippen LogP contribution in [0.2, 0.25) is 5.02 Å². The highest BCUT2D eigenvalue weighted by molar-refractivity contribution is 14.1. The largest absolute Gasteiger partial charge is 0.493 e. The molecule has 2 amide bonds. The van der Waals surface area contributed by atoms with Crippen molar-refractivity contribution in [2.24, 2.45) is 0 Å². The lowest BCUT2D eigenvalue weighted by Crippen LogP contribution is -2.27. The van der Waals surface area contributed by atoms with E-state index in [-0.39, 0.29) is 23.8 Å². The summed E-state index contributed by atoms with van der Waals surface area (Å²) in [7, 11) is 1.55. The van der Waals surface area contributed by atoms with E-state index in [0.717, 1.165) is 26.1 Å². The van der Waals surface area contributed by atoms with Gasteiger partial charge in [0.05, 0.1) is 16.4 Å². The van der Waals surface area contributed by atoms with Crippen molar-refractivity contribution in [1.82, 2.24) is 0 Å². The molecule has 1 heterocycles. The van der Waals surface area contributed by atoms with Gasteiger partial charge in [-0.1, -0.05) is 23.7 Å². The highest BCUT2D eigenvalue weighted by atomic mass is 127. The topological polar surface area (TPSA) is 67.9 Å². The van der Waals surface area contributed by atoms with E-state index in [4.69, 9.17) is 21.1 Å². The van der Waals surface area contributed by atoms with Gasteiger partial charge in [0, 0.05) is 16.4 Å². The van der Waals surface area contributed by atoms with Gasteiger partial charge in [-0.15, -0.1) is 11.8 Å². The molecule has 0 radical (unpaired) electrons. The van der Waals surface area contributed by atoms with Crippen LogP contribution >= 0.6 is 46.0 Å². The van der Waals surface area contributed by atoms with E-state index < -0.39 is 0 Å². The quantitative estimate of drug-likeness (QED) is 0.331. The maximum absolute atomic E-state index is 12.7. The molecule has 34 heavy (non-hydrogen) atoms. The lowest BCUT2D eigenvalue weighted by atomic mass is 10.1. The van der Waals surface area contributed by atoms with Gasteiger partial charge < -0.3 is 14.8 Å². The summed E-state index contributed by atoms with van der Waals surface area (Å²) in [5.74, 6) is 1.13. The third-order valence-electron chi connectivity index (χ3n) is 5.16. The second-order valence-electron chi connectivity index (χ2n) is 7.64. The van der Waals surface area contributed by atoms with Crippen LogP contribution in [-0.4, -0.2) is 31.3 Å². The fraction of sp³-hybridized carbons (Fsp3) is 0.200. The fourth-order valence-corrected chi connectivity index (χ4v) is 5.69. The molecule has 1 fully saturated rings. The molecule has 1 N–H and O–H groups in total. The molecule has 6 nitrogen and oxygen atoms in total. The molecule has 1 saturated heterocycles. The molecule has 9 heteroatoms. The summed E-state index contributed by atoms with van der Waals surface area (Å²) in [6.45, 7) is 1.80. The predicted octanol–water partition coefficient (Wildman–Crippen LogP) is 6.06. The van der Waals surface area contributed by atoms with Gasteiger partial charge in [-0.3, -0.25) is 14.5 Å². The van der Waals surface area contributed by atoms with Gasteiger partial charge in [0.1, 0.15) is 5.37 Å². The number of rotatable bonds is 7. The number of amides is 2. The Kier molecular flexibility index (Phi) is 7.90. The van der Waals surface area contributed by atoms with Crippen molar-refractivity contribution in [1.29, 1.82) is 0 Å². The van der Waals surface area contributed by atoms with Crippen LogP contribution in [0.15, 0.2) is 60.7 Å². The van der Waals surface area contributed by atoms with Crippen molar-refractivity contribution in [2.45, 2.75) is 12.3 Å². The first-order valence-corrected chi connectivity index (χ1v) is 12.9. The summed E-state index contributed by atoms with van der Waals surface area (Å²) in [6, 6.07) is 18.6. The number of hydrogen-bond acceptors (Lipinski definition) is 5. The highest BCUT2D eigenvalue weighted by Gasteiger charge is 2.35. The molecule has 1 aliphatic rings. The molecule has 0 saturated carbocycles. The van der Waals surface area contributed by atoms with Gasteiger partial charge in [-0.25, -0.2) is 0 Å². The van der Waals surface area contributed by atoms with E-state index in [1.165, 1.54) is 0 Å². The first-order chi connectivity index (χ1) is 16.4. The van der Waals surface area contributed by atoms with Gasteiger partial charge in [0.2, 0.25) is 5.91 Å². The number of ether oxygens (including phenoxy) is 2. The van der Waals surface area contributed by atoms with Gasteiger partial charge >= 0.3 is 0 Å².